The molecule has 1 aromatic heterocycles. The first-order valence-corrected chi connectivity index (χ1v) is 9.52. The predicted octanol–water partition coefficient (Wildman–Crippen LogP) is 3.53. The first-order chi connectivity index (χ1) is 13.8. The minimum Gasteiger partial charge on any atom is -0.354 e. The van der Waals surface area contributed by atoms with E-state index in [2.05, 4.69) is 15.3 Å². The summed E-state index contributed by atoms with van der Waals surface area (Å²) >= 11 is 0. The highest BCUT2D eigenvalue weighted by Gasteiger charge is 2.42. The van der Waals surface area contributed by atoms with Gasteiger partial charge in [0.1, 0.15) is 17.5 Å². The maximum absolute atomic E-state index is 13.3. The molecule has 5 nitrogen and oxygen atoms in total. The maximum atomic E-state index is 13.3. The summed E-state index contributed by atoms with van der Waals surface area (Å²) in [6.07, 6.45) is -0.729. The van der Waals surface area contributed by atoms with E-state index < -0.39 is 23.9 Å². The Kier molecular flexibility index (Phi) is 5.14. The molecule has 2 fully saturated rings. The minimum atomic E-state index is -4.97. The van der Waals surface area contributed by atoms with Gasteiger partial charge in [0.2, 0.25) is 0 Å². The molecule has 1 saturated heterocycles. The molecule has 1 amide bonds. The standard InChI is InChI=1S/C20H20F4N4O/c21-14-5-3-12(4-6-14)15-8-10-28(11-16(15)26-19(29)20(22,23)24)17-7-9-25-18(27-17)13-1-2-13/h3-7,9,13,15-16H,1-2,8,10-11H2,(H,26,29). The largest absolute Gasteiger partial charge is 0.471 e. The highest BCUT2D eigenvalue weighted by molar-refractivity contribution is 5.82. The van der Waals surface area contributed by atoms with E-state index in [0.717, 1.165) is 18.7 Å². The van der Waals surface area contributed by atoms with Crippen LogP contribution in [0.25, 0.3) is 0 Å². The van der Waals surface area contributed by atoms with Crippen LogP contribution < -0.4 is 10.2 Å². The van der Waals surface area contributed by atoms with Gasteiger partial charge in [-0.25, -0.2) is 14.4 Å². The van der Waals surface area contributed by atoms with Crippen molar-refractivity contribution in [3.05, 3.63) is 53.7 Å². The van der Waals surface area contributed by atoms with Crippen molar-refractivity contribution in [3.8, 4) is 0 Å². The molecule has 2 atom stereocenters. The van der Waals surface area contributed by atoms with Gasteiger partial charge in [-0.2, -0.15) is 13.2 Å². The highest BCUT2D eigenvalue weighted by atomic mass is 19.4. The molecule has 1 aliphatic carbocycles. The fraction of sp³-hybridized carbons (Fsp3) is 0.450. The number of rotatable bonds is 4. The van der Waals surface area contributed by atoms with E-state index in [1.807, 2.05) is 4.90 Å². The third-order valence-corrected chi connectivity index (χ3v) is 5.41. The smallest absolute Gasteiger partial charge is 0.354 e. The number of carbonyl (C=O) groups excluding carboxylic acids is 1. The lowest BCUT2D eigenvalue weighted by Gasteiger charge is -2.40. The zero-order valence-corrected chi connectivity index (χ0v) is 15.5. The van der Waals surface area contributed by atoms with Crippen LogP contribution in [0.15, 0.2) is 36.5 Å². The molecule has 0 radical (unpaired) electrons. The van der Waals surface area contributed by atoms with Crippen LogP contribution in [0, 0.1) is 5.82 Å². The van der Waals surface area contributed by atoms with Crippen LogP contribution in [0.1, 0.15) is 42.5 Å². The summed E-state index contributed by atoms with van der Waals surface area (Å²) in [4.78, 5) is 22.3. The minimum absolute atomic E-state index is 0.172. The van der Waals surface area contributed by atoms with Gasteiger partial charge in [0.15, 0.2) is 0 Å². The molecule has 2 aromatic rings. The summed E-state index contributed by atoms with van der Waals surface area (Å²) in [6, 6.07) is 6.60. The van der Waals surface area contributed by atoms with E-state index in [0.29, 0.717) is 30.3 Å². The Bertz CT molecular complexity index is 883. The van der Waals surface area contributed by atoms with E-state index in [9.17, 15) is 22.4 Å². The molecule has 0 spiro atoms. The summed E-state index contributed by atoms with van der Waals surface area (Å²) in [5.74, 6) is -1.01. The monoisotopic (exact) mass is 408 g/mol. The van der Waals surface area contributed by atoms with E-state index >= 15 is 0 Å². The normalized spacial score (nSPS) is 22.4. The van der Waals surface area contributed by atoms with E-state index in [-0.39, 0.29) is 12.5 Å². The molecule has 1 saturated carbocycles. The summed E-state index contributed by atoms with van der Waals surface area (Å²) < 4.78 is 51.8. The molecule has 1 aliphatic heterocycles. The molecular weight excluding hydrogens is 388 g/mol. The number of piperidine rings is 1. The van der Waals surface area contributed by atoms with Crippen LogP contribution in [0.5, 0.6) is 0 Å². The van der Waals surface area contributed by atoms with E-state index in [1.165, 1.54) is 12.1 Å². The second-order valence-corrected chi connectivity index (χ2v) is 7.52. The Morgan fingerprint density at radius 2 is 1.83 bits per heavy atom. The SMILES string of the molecule is O=C(NC1CN(c2ccnc(C3CC3)n2)CCC1c1ccc(F)cc1)C(F)(F)F. The van der Waals surface area contributed by atoms with Crippen LogP contribution in [0.3, 0.4) is 0 Å². The van der Waals surface area contributed by atoms with Gasteiger partial charge >= 0.3 is 12.1 Å². The predicted molar refractivity (Wildman–Crippen MR) is 98.0 cm³/mol. The molecule has 2 aliphatic rings. The number of aromatic nitrogens is 2. The Hall–Kier alpha value is -2.71. The highest BCUT2D eigenvalue weighted by Crippen LogP contribution is 2.38. The number of alkyl halides is 3. The van der Waals surface area contributed by atoms with Crippen molar-refractivity contribution < 1.29 is 22.4 Å². The van der Waals surface area contributed by atoms with E-state index in [4.69, 9.17) is 0 Å². The van der Waals surface area contributed by atoms with Crippen LogP contribution in [-0.4, -0.2) is 41.2 Å². The van der Waals surface area contributed by atoms with Crippen molar-refractivity contribution in [2.45, 2.75) is 43.3 Å². The lowest BCUT2D eigenvalue weighted by atomic mass is 9.85. The third-order valence-electron chi connectivity index (χ3n) is 5.41. The molecule has 29 heavy (non-hydrogen) atoms. The fourth-order valence-corrected chi connectivity index (χ4v) is 3.74. The molecule has 1 N–H and O–H groups in total. The van der Waals surface area contributed by atoms with Crippen LogP contribution >= 0.6 is 0 Å². The number of hydrogen-bond acceptors (Lipinski definition) is 4. The molecule has 4 rings (SSSR count). The number of anilines is 1. The van der Waals surface area contributed by atoms with Gasteiger partial charge in [0, 0.05) is 31.1 Å². The molecular formula is C20H20F4N4O. The lowest BCUT2D eigenvalue weighted by molar-refractivity contribution is -0.174. The fourth-order valence-electron chi connectivity index (χ4n) is 3.74. The molecule has 2 heterocycles. The van der Waals surface area contributed by atoms with Gasteiger partial charge < -0.3 is 10.2 Å². The average Bonchev–Trinajstić information content (AvgIpc) is 3.53. The number of nitrogens with one attached hydrogen (secondary N) is 1. The van der Waals surface area contributed by atoms with Crippen LogP contribution in [0.2, 0.25) is 0 Å². The van der Waals surface area contributed by atoms with Gasteiger partial charge in [-0.15, -0.1) is 0 Å². The van der Waals surface area contributed by atoms with Gasteiger partial charge in [-0.3, -0.25) is 4.79 Å². The van der Waals surface area contributed by atoms with Gasteiger partial charge in [0.05, 0.1) is 6.04 Å². The van der Waals surface area contributed by atoms with Gasteiger partial charge in [-0.1, -0.05) is 12.1 Å². The number of benzene rings is 1. The Morgan fingerprint density at radius 3 is 2.48 bits per heavy atom. The lowest BCUT2D eigenvalue weighted by Crippen LogP contribution is -2.54. The van der Waals surface area contributed by atoms with Crippen molar-refractivity contribution in [2.24, 2.45) is 0 Å². The van der Waals surface area contributed by atoms with Gasteiger partial charge in [-0.05, 0) is 43.0 Å². The average molecular weight is 408 g/mol. The number of carbonyl (C=O) groups is 1. The quantitative estimate of drug-likeness (QED) is 0.787. The zero-order chi connectivity index (χ0) is 20.6. The topological polar surface area (TPSA) is 58.1 Å². The Labute approximate surface area is 165 Å². The van der Waals surface area contributed by atoms with Crippen molar-refractivity contribution >= 4 is 11.7 Å². The molecule has 2 unspecified atom stereocenters. The third kappa shape index (κ3) is 4.49. The van der Waals surface area contributed by atoms with E-state index in [1.54, 1.807) is 24.4 Å². The Balaban J connectivity index is 1.57. The van der Waals surface area contributed by atoms with Crippen molar-refractivity contribution in [3.63, 3.8) is 0 Å². The summed E-state index contributed by atoms with van der Waals surface area (Å²) in [5, 5.41) is 2.13. The second kappa shape index (κ2) is 7.61. The zero-order valence-electron chi connectivity index (χ0n) is 15.5. The summed E-state index contributed by atoms with van der Waals surface area (Å²) in [6.45, 7) is 0.729. The molecule has 9 heteroatoms. The number of hydrogen-bond donors (Lipinski definition) is 1. The van der Waals surface area contributed by atoms with Crippen molar-refractivity contribution in [1.82, 2.24) is 15.3 Å². The number of amides is 1. The number of halogens is 4. The second-order valence-electron chi connectivity index (χ2n) is 7.52. The van der Waals surface area contributed by atoms with Gasteiger partial charge in [0.25, 0.3) is 0 Å². The summed E-state index contributed by atoms with van der Waals surface area (Å²) in [7, 11) is 0. The van der Waals surface area contributed by atoms with Crippen LogP contribution in [-0.2, 0) is 4.79 Å². The van der Waals surface area contributed by atoms with Crippen molar-refractivity contribution in [2.75, 3.05) is 18.0 Å². The maximum Gasteiger partial charge on any atom is 0.471 e. The van der Waals surface area contributed by atoms with Crippen LogP contribution in [0.4, 0.5) is 23.4 Å². The molecule has 154 valence electrons. The first kappa shape index (κ1) is 19.6. The Morgan fingerprint density at radius 1 is 1.10 bits per heavy atom. The van der Waals surface area contributed by atoms with Crippen molar-refractivity contribution in [1.29, 1.82) is 0 Å². The summed E-state index contributed by atoms with van der Waals surface area (Å²) in [5.41, 5.74) is 0.694. The molecule has 1 aromatic carbocycles. The molecule has 0 bridgehead atoms. The first-order valence-electron chi connectivity index (χ1n) is 9.52. The number of nitrogens with zero attached hydrogens (tertiary/aromatic N) is 3.